The van der Waals surface area contributed by atoms with Crippen LogP contribution in [0.4, 0.5) is 15.3 Å². The number of carboxylic acid groups (broad SMARTS) is 1. The third kappa shape index (κ3) is 6.18. The average molecular weight is 523 g/mol. The second kappa shape index (κ2) is 11.2. The van der Waals surface area contributed by atoms with E-state index >= 15 is 0 Å². The van der Waals surface area contributed by atoms with Crippen molar-refractivity contribution in [2.45, 2.75) is 38.8 Å². The Morgan fingerprint density at radius 1 is 1.09 bits per heavy atom. The molecule has 1 aromatic heterocycles. The van der Waals surface area contributed by atoms with Gasteiger partial charge in [-0.2, -0.15) is 4.90 Å². The summed E-state index contributed by atoms with van der Waals surface area (Å²) in [6.07, 6.45) is -1.84. The Balaban J connectivity index is 2.11. The second-order valence-electron chi connectivity index (χ2n) is 8.89. The van der Waals surface area contributed by atoms with Crippen LogP contribution in [0.1, 0.15) is 33.7 Å². The van der Waals surface area contributed by atoms with E-state index < -0.39 is 29.8 Å². The number of imide groups is 1. The molecule has 11 heteroatoms. The van der Waals surface area contributed by atoms with Crippen LogP contribution in [0.3, 0.4) is 0 Å². The van der Waals surface area contributed by atoms with Crippen LogP contribution in [0.25, 0.3) is 11.1 Å². The molecular weight excluding hydrogens is 496 g/mol. The van der Waals surface area contributed by atoms with Crippen LogP contribution in [0.15, 0.2) is 40.2 Å². The summed E-state index contributed by atoms with van der Waals surface area (Å²) in [4.78, 5) is 51.2. The first-order chi connectivity index (χ1) is 16.5. The Labute approximate surface area is 212 Å². The number of carboxylic acids is 1. The summed E-state index contributed by atoms with van der Waals surface area (Å²) in [7, 11) is 0. The largest absolute Gasteiger partial charge is 0.480 e. The van der Waals surface area contributed by atoms with Crippen molar-refractivity contribution in [1.29, 1.82) is 0 Å². The Bertz CT molecular complexity index is 1170. The maximum Gasteiger partial charge on any atom is 0.424 e. The molecule has 0 unspecified atom stereocenters. The number of aliphatic carboxylic acids is 1. The number of halogens is 1. The minimum atomic E-state index is -1.10. The van der Waals surface area contributed by atoms with E-state index in [0.717, 1.165) is 4.90 Å². The highest BCUT2D eigenvalue weighted by atomic mass is 35.5. The third-order valence-electron chi connectivity index (χ3n) is 4.97. The van der Waals surface area contributed by atoms with E-state index in [4.69, 9.17) is 21.1 Å². The minimum absolute atomic E-state index is 0.0353. The molecule has 1 N–H and O–H groups in total. The van der Waals surface area contributed by atoms with E-state index in [0.29, 0.717) is 21.2 Å². The molecule has 0 aliphatic carbocycles. The zero-order chi connectivity index (χ0) is 25.9. The molecule has 2 heterocycles. The van der Waals surface area contributed by atoms with Gasteiger partial charge in [-0.15, -0.1) is 11.8 Å². The number of thioether (sulfide) groups is 1. The summed E-state index contributed by atoms with van der Waals surface area (Å²) < 4.78 is 11.9. The molecule has 1 aliphatic heterocycles. The number of ether oxygens (including phenoxy) is 2. The lowest BCUT2D eigenvalue weighted by atomic mass is 10.0. The number of nitrogens with zero attached hydrogens (tertiary/aromatic N) is 2. The Kier molecular flexibility index (Phi) is 8.50. The average Bonchev–Trinajstić information content (AvgIpc) is 3.22. The molecule has 1 aliphatic rings. The van der Waals surface area contributed by atoms with Crippen molar-refractivity contribution in [3.63, 3.8) is 0 Å². The predicted molar refractivity (Wildman–Crippen MR) is 133 cm³/mol. The van der Waals surface area contributed by atoms with Crippen molar-refractivity contribution in [2.24, 2.45) is 11.8 Å². The highest BCUT2D eigenvalue weighted by molar-refractivity contribution is 7.99. The number of anilines is 1. The maximum atomic E-state index is 13.0. The van der Waals surface area contributed by atoms with Crippen LogP contribution in [0.2, 0.25) is 5.02 Å². The van der Waals surface area contributed by atoms with E-state index in [1.165, 1.54) is 40.6 Å². The van der Waals surface area contributed by atoms with Crippen LogP contribution in [-0.4, -0.2) is 46.8 Å². The standard InChI is InChI=1S/C24H27ClN2O7S/c1-13(2)10-33-23(31)27(24(32)34-11-14(3)4)18-6-5-16(25)9-17(18)15-7-20(28)26-19(22(29)30)12-35-21(26)8-15/h5-9,13-14,19H,10-12H2,1-4H3,(H,29,30)/t19-/m0/s1. The third-order valence-corrected chi connectivity index (χ3v) is 6.30. The molecule has 3 rings (SSSR count). The number of aromatic nitrogens is 1. The molecule has 0 bridgehead atoms. The summed E-state index contributed by atoms with van der Waals surface area (Å²) >= 11 is 7.47. The molecule has 0 spiro atoms. The quantitative estimate of drug-likeness (QED) is 0.521. The molecule has 1 atom stereocenters. The molecule has 0 fully saturated rings. The van der Waals surface area contributed by atoms with E-state index in [9.17, 15) is 24.3 Å². The highest BCUT2D eigenvalue weighted by Gasteiger charge is 2.33. The fraction of sp³-hybridized carbons (Fsp3) is 0.417. The lowest BCUT2D eigenvalue weighted by Crippen LogP contribution is -2.39. The number of rotatable bonds is 7. The van der Waals surface area contributed by atoms with Crippen molar-refractivity contribution in [3.8, 4) is 11.1 Å². The Hall–Kier alpha value is -2.98. The van der Waals surface area contributed by atoms with Gasteiger partial charge >= 0.3 is 18.2 Å². The molecule has 1 aromatic carbocycles. The van der Waals surface area contributed by atoms with E-state index in [1.54, 1.807) is 6.07 Å². The van der Waals surface area contributed by atoms with E-state index in [-0.39, 0.29) is 36.5 Å². The molecule has 9 nitrogen and oxygen atoms in total. The van der Waals surface area contributed by atoms with Gasteiger partial charge in [-0.1, -0.05) is 39.3 Å². The highest BCUT2D eigenvalue weighted by Crippen LogP contribution is 2.38. The first-order valence-corrected chi connectivity index (χ1v) is 12.4. The van der Waals surface area contributed by atoms with Gasteiger partial charge < -0.3 is 14.6 Å². The number of pyridine rings is 1. The number of fused-ring (bicyclic) bond motifs is 1. The SMILES string of the molecule is CC(C)COC(=O)N(C(=O)OCC(C)C)c1ccc(Cl)cc1-c1cc2n(c(=O)c1)[C@H](C(=O)O)CS2. The summed E-state index contributed by atoms with van der Waals surface area (Å²) in [5, 5.41) is 10.2. The fourth-order valence-corrected chi connectivity index (χ4v) is 4.72. The fourth-order valence-electron chi connectivity index (χ4n) is 3.36. The maximum absolute atomic E-state index is 13.0. The normalized spacial score (nSPS) is 14.7. The molecule has 35 heavy (non-hydrogen) atoms. The predicted octanol–water partition coefficient (Wildman–Crippen LogP) is 5.29. The lowest BCUT2D eigenvalue weighted by Gasteiger charge is -2.24. The summed E-state index contributed by atoms with van der Waals surface area (Å²) in [6.45, 7) is 7.63. The van der Waals surface area contributed by atoms with Crippen molar-refractivity contribution >= 4 is 47.2 Å². The number of hydrogen-bond donors (Lipinski definition) is 1. The molecule has 2 amide bonds. The molecule has 0 saturated heterocycles. The van der Waals surface area contributed by atoms with Gasteiger partial charge in [0.05, 0.1) is 23.9 Å². The number of carbonyl (C=O) groups is 3. The van der Waals surface area contributed by atoms with Crippen LogP contribution < -0.4 is 10.5 Å². The van der Waals surface area contributed by atoms with Crippen molar-refractivity contribution in [1.82, 2.24) is 4.57 Å². The number of carbonyl (C=O) groups excluding carboxylic acids is 2. The van der Waals surface area contributed by atoms with Crippen molar-refractivity contribution in [3.05, 3.63) is 45.7 Å². The first-order valence-electron chi connectivity index (χ1n) is 11.0. The number of amides is 2. The van der Waals surface area contributed by atoms with E-state index in [2.05, 4.69) is 0 Å². The van der Waals surface area contributed by atoms with Gasteiger partial charge in [-0.25, -0.2) is 14.4 Å². The van der Waals surface area contributed by atoms with Gasteiger partial charge in [0.15, 0.2) is 0 Å². The van der Waals surface area contributed by atoms with Gasteiger partial charge in [0.25, 0.3) is 5.56 Å². The summed E-state index contributed by atoms with van der Waals surface area (Å²) in [6, 6.07) is 6.44. The first kappa shape index (κ1) is 26.6. The summed E-state index contributed by atoms with van der Waals surface area (Å²) in [5.74, 6) is -0.811. The molecule has 0 saturated carbocycles. The molecule has 0 radical (unpaired) electrons. The van der Waals surface area contributed by atoms with Gasteiger partial charge in [-0.05, 0) is 41.7 Å². The Morgan fingerprint density at radius 3 is 2.23 bits per heavy atom. The topological polar surface area (TPSA) is 115 Å². The molecular formula is C24H27ClN2O7S. The van der Waals surface area contributed by atoms with Crippen molar-refractivity contribution < 1.29 is 29.0 Å². The number of hydrogen-bond acceptors (Lipinski definition) is 7. The van der Waals surface area contributed by atoms with Crippen LogP contribution >= 0.6 is 23.4 Å². The lowest BCUT2D eigenvalue weighted by molar-refractivity contribution is -0.140. The van der Waals surface area contributed by atoms with Crippen LogP contribution in [0.5, 0.6) is 0 Å². The monoisotopic (exact) mass is 522 g/mol. The van der Waals surface area contributed by atoms with Gasteiger partial charge in [0.1, 0.15) is 6.04 Å². The second-order valence-corrected chi connectivity index (χ2v) is 10.4. The zero-order valence-electron chi connectivity index (χ0n) is 19.8. The smallest absolute Gasteiger partial charge is 0.424 e. The summed E-state index contributed by atoms with van der Waals surface area (Å²) in [5.41, 5.74) is 0.298. The van der Waals surface area contributed by atoms with Crippen LogP contribution in [0, 0.1) is 11.8 Å². The zero-order valence-corrected chi connectivity index (χ0v) is 21.4. The molecule has 2 aromatic rings. The minimum Gasteiger partial charge on any atom is -0.480 e. The van der Waals surface area contributed by atoms with Crippen molar-refractivity contribution in [2.75, 3.05) is 23.9 Å². The molecule has 188 valence electrons. The van der Waals surface area contributed by atoms with Gasteiger partial charge in [0.2, 0.25) is 0 Å². The van der Waals surface area contributed by atoms with Gasteiger partial charge in [-0.3, -0.25) is 9.36 Å². The van der Waals surface area contributed by atoms with Crippen LogP contribution in [-0.2, 0) is 14.3 Å². The van der Waals surface area contributed by atoms with E-state index in [1.807, 2.05) is 27.7 Å². The Morgan fingerprint density at radius 2 is 1.69 bits per heavy atom. The van der Waals surface area contributed by atoms with Gasteiger partial charge in [0, 0.05) is 22.4 Å². The number of benzene rings is 1.